The normalized spacial score (nSPS) is 11.7. The van der Waals surface area contributed by atoms with Gasteiger partial charge in [0.2, 0.25) is 11.8 Å². The standard InChI is InChI=1S/C15H19N5O2/c1-3-11(2)15(22)16-10-14(21)18-12-6-4-5-7-13(12)20-9-8-17-19-20/h4-9,11H,3,10H2,1-2H3,(H,16,22)(H,18,21). The van der Waals surface area contributed by atoms with Crippen molar-refractivity contribution < 1.29 is 9.59 Å². The molecule has 2 rings (SSSR count). The summed E-state index contributed by atoms with van der Waals surface area (Å²) in [5.41, 5.74) is 1.32. The zero-order valence-corrected chi connectivity index (χ0v) is 12.6. The predicted octanol–water partition coefficient (Wildman–Crippen LogP) is 1.37. The first-order valence-electron chi connectivity index (χ1n) is 7.15. The number of para-hydroxylation sites is 2. The van der Waals surface area contributed by atoms with Crippen molar-refractivity contribution >= 4 is 17.5 Å². The van der Waals surface area contributed by atoms with Crippen molar-refractivity contribution in [2.24, 2.45) is 5.92 Å². The first kappa shape index (κ1) is 15.7. The maximum Gasteiger partial charge on any atom is 0.243 e. The van der Waals surface area contributed by atoms with Crippen molar-refractivity contribution in [2.45, 2.75) is 20.3 Å². The average molecular weight is 301 g/mol. The first-order valence-corrected chi connectivity index (χ1v) is 7.15. The minimum Gasteiger partial charge on any atom is -0.347 e. The molecule has 2 amide bonds. The van der Waals surface area contributed by atoms with E-state index in [1.807, 2.05) is 32.0 Å². The van der Waals surface area contributed by atoms with Crippen LogP contribution in [-0.4, -0.2) is 33.4 Å². The van der Waals surface area contributed by atoms with Gasteiger partial charge in [0.25, 0.3) is 0 Å². The Labute approximate surface area is 128 Å². The van der Waals surface area contributed by atoms with Crippen LogP contribution in [0.2, 0.25) is 0 Å². The van der Waals surface area contributed by atoms with E-state index in [0.717, 1.165) is 6.42 Å². The Morgan fingerprint density at radius 3 is 2.77 bits per heavy atom. The van der Waals surface area contributed by atoms with Crippen LogP contribution >= 0.6 is 0 Å². The second-order valence-electron chi connectivity index (χ2n) is 4.94. The number of amides is 2. The van der Waals surface area contributed by atoms with E-state index in [4.69, 9.17) is 0 Å². The lowest BCUT2D eigenvalue weighted by Crippen LogP contribution is -2.36. The quantitative estimate of drug-likeness (QED) is 0.843. The van der Waals surface area contributed by atoms with Gasteiger partial charge in [-0.05, 0) is 18.6 Å². The Kier molecular flexibility index (Phi) is 5.24. The van der Waals surface area contributed by atoms with E-state index >= 15 is 0 Å². The highest BCUT2D eigenvalue weighted by atomic mass is 16.2. The van der Waals surface area contributed by atoms with Crippen LogP contribution in [0.5, 0.6) is 0 Å². The van der Waals surface area contributed by atoms with Gasteiger partial charge in [-0.25, -0.2) is 4.68 Å². The van der Waals surface area contributed by atoms with Gasteiger partial charge in [0.1, 0.15) is 0 Å². The fraction of sp³-hybridized carbons (Fsp3) is 0.333. The molecular formula is C15H19N5O2. The van der Waals surface area contributed by atoms with Crippen LogP contribution in [0.1, 0.15) is 20.3 Å². The number of nitrogens with zero attached hydrogens (tertiary/aromatic N) is 3. The highest BCUT2D eigenvalue weighted by Crippen LogP contribution is 2.18. The van der Waals surface area contributed by atoms with E-state index < -0.39 is 0 Å². The fourth-order valence-electron chi connectivity index (χ4n) is 1.84. The first-order chi connectivity index (χ1) is 10.6. The van der Waals surface area contributed by atoms with Crippen molar-refractivity contribution in [3.63, 3.8) is 0 Å². The monoisotopic (exact) mass is 301 g/mol. The summed E-state index contributed by atoms with van der Waals surface area (Å²) >= 11 is 0. The van der Waals surface area contributed by atoms with Gasteiger partial charge in [-0.1, -0.05) is 31.2 Å². The van der Waals surface area contributed by atoms with Gasteiger partial charge in [-0.3, -0.25) is 9.59 Å². The maximum atomic E-state index is 12.0. The largest absolute Gasteiger partial charge is 0.347 e. The SMILES string of the molecule is CCC(C)C(=O)NCC(=O)Nc1ccccc1-n1ccnn1. The Morgan fingerprint density at radius 2 is 2.09 bits per heavy atom. The van der Waals surface area contributed by atoms with E-state index in [1.165, 1.54) is 0 Å². The topological polar surface area (TPSA) is 88.9 Å². The van der Waals surface area contributed by atoms with Crippen LogP contribution < -0.4 is 10.6 Å². The van der Waals surface area contributed by atoms with Crippen molar-refractivity contribution in [3.8, 4) is 5.69 Å². The van der Waals surface area contributed by atoms with Gasteiger partial charge in [-0.2, -0.15) is 0 Å². The number of carbonyl (C=O) groups excluding carboxylic acids is 2. The van der Waals surface area contributed by atoms with E-state index in [-0.39, 0.29) is 24.3 Å². The second-order valence-corrected chi connectivity index (χ2v) is 4.94. The minimum absolute atomic E-state index is 0.0607. The minimum atomic E-state index is -0.288. The summed E-state index contributed by atoms with van der Waals surface area (Å²) in [4.78, 5) is 23.6. The molecular weight excluding hydrogens is 282 g/mol. The molecule has 0 saturated carbocycles. The average Bonchev–Trinajstić information content (AvgIpc) is 3.06. The molecule has 7 heteroatoms. The molecule has 0 aliphatic rings. The molecule has 1 unspecified atom stereocenters. The lowest BCUT2D eigenvalue weighted by molar-refractivity contribution is -0.126. The third-order valence-corrected chi connectivity index (χ3v) is 3.33. The Bertz CT molecular complexity index is 639. The summed E-state index contributed by atoms with van der Waals surface area (Å²) in [5.74, 6) is -0.512. The number of nitrogens with one attached hydrogen (secondary N) is 2. The molecule has 2 aromatic rings. The molecule has 0 aliphatic carbocycles. The van der Waals surface area contributed by atoms with Crippen LogP contribution in [-0.2, 0) is 9.59 Å². The fourth-order valence-corrected chi connectivity index (χ4v) is 1.84. The Balaban J connectivity index is 1.99. The van der Waals surface area contributed by atoms with Crippen LogP contribution in [0, 0.1) is 5.92 Å². The highest BCUT2D eigenvalue weighted by molar-refractivity contribution is 5.96. The maximum absolute atomic E-state index is 12.0. The molecule has 0 fully saturated rings. The number of anilines is 1. The van der Waals surface area contributed by atoms with Crippen LogP contribution in [0.15, 0.2) is 36.7 Å². The number of aromatic nitrogens is 3. The van der Waals surface area contributed by atoms with Crippen molar-refractivity contribution in [3.05, 3.63) is 36.7 Å². The number of benzene rings is 1. The summed E-state index contributed by atoms with van der Waals surface area (Å²) in [6, 6.07) is 7.25. The molecule has 0 bridgehead atoms. The smallest absolute Gasteiger partial charge is 0.243 e. The highest BCUT2D eigenvalue weighted by Gasteiger charge is 2.13. The zero-order chi connectivity index (χ0) is 15.9. The predicted molar refractivity (Wildman–Crippen MR) is 82.5 cm³/mol. The summed E-state index contributed by atoms with van der Waals surface area (Å²) in [6.07, 6.45) is 3.99. The molecule has 1 atom stereocenters. The molecule has 0 spiro atoms. The number of carbonyl (C=O) groups is 2. The second kappa shape index (κ2) is 7.35. The summed E-state index contributed by atoms with van der Waals surface area (Å²) < 4.78 is 1.56. The van der Waals surface area contributed by atoms with Crippen molar-refractivity contribution in [2.75, 3.05) is 11.9 Å². The van der Waals surface area contributed by atoms with Gasteiger partial charge in [-0.15, -0.1) is 5.10 Å². The number of rotatable bonds is 6. The van der Waals surface area contributed by atoms with Gasteiger partial charge < -0.3 is 10.6 Å². The molecule has 0 aliphatic heterocycles. The van der Waals surface area contributed by atoms with Gasteiger partial charge in [0, 0.05) is 5.92 Å². The van der Waals surface area contributed by atoms with Crippen LogP contribution in [0.25, 0.3) is 5.69 Å². The molecule has 2 N–H and O–H groups in total. The number of hydrogen-bond donors (Lipinski definition) is 2. The Morgan fingerprint density at radius 1 is 1.32 bits per heavy atom. The summed E-state index contributed by atoms with van der Waals surface area (Å²) in [7, 11) is 0. The molecule has 22 heavy (non-hydrogen) atoms. The molecule has 1 aromatic carbocycles. The lowest BCUT2D eigenvalue weighted by atomic mass is 10.1. The van der Waals surface area contributed by atoms with E-state index in [1.54, 1.807) is 23.1 Å². The number of hydrogen-bond acceptors (Lipinski definition) is 4. The lowest BCUT2D eigenvalue weighted by Gasteiger charge is -2.12. The summed E-state index contributed by atoms with van der Waals surface area (Å²) in [6.45, 7) is 3.70. The van der Waals surface area contributed by atoms with Crippen LogP contribution in [0.3, 0.4) is 0 Å². The molecule has 7 nitrogen and oxygen atoms in total. The van der Waals surface area contributed by atoms with Crippen molar-refractivity contribution in [1.82, 2.24) is 20.3 Å². The van der Waals surface area contributed by atoms with Gasteiger partial charge in [0.05, 0.1) is 30.3 Å². The van der Waals surface area contributed by atoms with Crippen LogP contribution in [0.4, 0.5) is 5.69 Å². The third-order valence-electron chi connectivity index (χ3n) is 3.33. The molecule has 1 aromatic heterocycles. The van der Waals surface area contributed by atoms with Gasteiger partial charge >= 0.3 is 0 Å². The summed E-state index contributed by atoms with van der Waals surface area (Å²) in [5, 5.41) is 13.0. The molecule has 0 saturated heterocycles. The molecule has 0 radical (unpaired) electrons. The van der Waals surface area contributed by atoms with E-state index in [2.05, 4.69) is 20.9 Å². The molecule has 1 heterocycles. The third kappa shape index (κ3) is 3.91. The van der Waals surface area contributed by atoms with E-state index in [0.29, 0.717) is 11.4 Å². The van der Waals surface area contributed by atoms with E-state index in [9.17, 15) is 9.59 Å². The molecule has 116 valence electrons. The van der Waals surface area contributed by atoms with Gasteiger partial charge in [0.15, 0.2) is 0 Å². The Hall–Kier alpha value is -2.70. The zero-order valence-electron chi connectivity index (χ0n) is 12.6. The van der Waals surface area contributed by atoms with Crippen molar-refractivity contribution in [1.29, 1.82) is 0 Å².